The number of nitrogens with zero attached hydrogens (tertiary/aromatic N) is 3. The average Bonchev–Trinajstić information content (AvgIpc) is 2.56. The van der Waals surface area contributed by atoms with Crippen molar-refractivity contribution >= 4 is 11.5 Å². The number of Topliss-reactive ketones (excluding diaryl/α,β-unsaturated/α-hetero) is 1. The number of hydrogen-bond acceptors (Lipinski definition) is 7. The third kappa shape index (κ3) is 4.42. The molecule has 0 aromatic heterocycles. The SMILES string of the molecule is CCCN1CCN(CCC(=O)c2cc(O)c(O)c([N+](=O)[O-])c2)CC1. The summed E-state index contributed by atoms with van der Waals surface area (Å²) >= 11 is 0. The fourth-order valence-electron chi connectivity index (χ4n) is 2.86. The second-order valence-electron chi connectivity index (χ2n) is 5.98. The maximum Gasteiger partial charge on any atom is 0.315 e. The molecule has 2 N–H and O–H groups in total. The number of nitro groups is 1. The molecule has 0 saturated carbocycles. The van der Waals surface area contributed by atoms with Crippen LogP contribution < -0.4 is 0 Å². The van der Waals surface area contributed by atoms with Crippen LogP contribution in [0.5, 0.6) is 11.5 Å². The van der Waals surface area contributed by atoms with Gasteiger partial charge in [-0.3, -0.25) is 14.9 Å². The lowest BCUT2D eigenvalue weighted by Gasteiger charge is -2.34. The van der Waals surface area contributed by atoms with Crippen molar-refractivity contribution in [1.82, 2.24) is 9.80 Å². The van der Waals surface area contributed by atoms with Gasteiger partial charge in [-0.1, -0.05) is 6.92 Å². The lowest BCUT2D eigenvalue weighted by Crippen LogP contribution is -2.46. The summed E-state index contributed by atoms with van der Waals surface area (Å²) in [5.74, 6) is -1.76. The number of carbonyl (C=O) groups excluding carboxylic acids is 1. The Labute approximate surface area is 140 Å². The van der Waals surface area contributed by atoms with Gasteiger partial charge in [0.2, 0.25) is 5.75 Å². The standard InChI is InChI=1S/C16H23N3O5/c1-2-4-17-6-8-18(9-7-17)5-3-14(20)12-10-13(19(23)24)16(22)15(21)11-12/h10-11,21-22H,2-9H2,1H3. The number of ketones is 1. The van der Waals surface area contributed by atoms with E-state index in [0.29, 0.717) is 6.54 Å². The second-order valence-corrected chi connectivity index (χ2v) is 5.98. The van der Waals surface area contributed by atoms with Crippen LogP contribution in [0.2, 0.25) is 0 Å². The van der Waals surface area contributed by atoms with Crippen molar-refractivity contribution < 1.29 is 19.9 Å². The molecule has 0 bridgehead atoms. The van der Waals surface area contributed by atoms with E-state index < -0.39 is 22.1 Å². The number of carbonyl (C=O) groups is 1. The molecular formula is C16H23N3O5. The van der Waals surface area contributed by atoms with Crippen LogP contribution in [-0.2, 0) is 0 Å². The lowest BCUT2D eigenvalue weighted by atomic mass is 10.1. The average molecular weight is 337 g/mol. The quantitative estimate of drug-likeness (QED) is 0.337. The molecule has 0 amide bonds. The number of hydrogen-bond donors (Lipinski definition) is 2. The van der Waals surface area contributed by atoms with E-state index in [0.717, 1.165) is 51.3 Å². The van der Waals surface area contributed by atoms with E-state index in [-0.39, 0.29) is 17.8 Å². The molecule has 1 aliphatic rings. The maximum absolute atomic E-state index is 12.2. The van der Waals surface area contributed by atoms with Gasteiger partial charge < -0.3 is 20.0 Å². The van der Waals surface area contributed by atoms with E-state index in [4.69, 9.17) is 0 Å². The predicted molar refractivity (Wildman–Crippen MR) is 88.5 cm³/mol. The molecule has 132 valence electrons. The van der Waals surface area contributed by atoms with Crippen molar-refractivity contribution in [1.29, 1.82) is 0 Å². The number of benzene rings is 1. The topological polar surface area (TPSA) is 107 Å². The molecule has 1 heterocycles. The highest BCUT2D eigenvalue weighted by molar-refractivity contribution is 5.97. The number of aromatic hydroxyl groups is 2. The summed E-state index contributed by atoms with van der Waals surface area (Å²) in [5, 5.41) is 29.9. The van der Waals surface area contributed by atoms with E-state index >= 15 is 0 Å². The first-order chi connectivity index (χ1) is 11.4. The first-order valence-corrected chi connectivity index (χ1v) is 8.10. The summed E-state index contributed by atoms with van der Waals surface area (Å²) in [6.07, 6.45) is 1.34. The van der Waals surface area contributed by atoms with Crippen molar-refractivity contribution in [2.45, 2.75) is 19.8 Å². The fraction of sp³-hybridized carbons (Fsp3) is 0.562. The minimum absolute atomic E-state index is 0.0432. The van der Waals surface area contributed by atoms with Gasteiger partial charge in [-0.15, -0.1) is 0 Å². The van der Waals surface area contributed by atoms with Crippen molar-refractivity contribution in [3.63, 3.8) is 0 Å². The van der Waals surface area contributed by atoms with Gasteiger partial charge in [0.05, 0.1) is 4.92 Å². The summed E-state index contributed by atoms with van der Waals surface area (Å²) in [5.41, 5.74) is -0.617. The highest BCUT2D eigenvalue weighted by Crippen LogP contribution is 2.36. The van der Waals surface area contributed by atoms with Crippen LogP contribution in [0.15, 0.2) is 12.1 Å². The van der Waals surface area contributed by atoms with Gasteiger partial charge in [0, 0.05) is 50.8 Å². The molecule has 1 saturated heterocycles. The Kier molecular flexibility index (Phi) is 6.10. The van der Waals surface area contributed by atoms with Gasteiger partial charge in [0.15, 0.2) is 11.5 Å². The molecule has 2 rings (SSSR count). The zero-order chi connectivity index (χ0) is 17.7. The van der Waals surface area contributed by atoms with E-state index in [1.165, 1.54) is 0 Å². The molecule has 8 heteroatoms. The first kappa shape index (κ1) is 18.2. The summed E-state index contributed by atoms with van der Waals surface area (Å²) < 4.78 is 0. The van der Waals surface area contributed by atoms with Gasteiger partial charge in [0.25, 0.3) is 0 Å². The largest absolute Gasteiger partial charge is 0.504 e. The number of rotatable bonds is 7. The summed E-state index contributed by atoms with van der Waals surface area (Å²) in [7, 11) is 0. The molecule has 0 aliphatic carbocycles. The molecule has 24 heavy (non-hydrogen) atoms. The molecule has 1 aromatic carbocycles. The van der Waals surface area contributed by atoms with Crippen LogP contribution in [0.1, 0.15) is 30.1 Å². The zero-order valence-corrected chi connectivity index (χ0v) is 13.8. The predicted octanol–water partition coefficient (Wildman–Crippen LogP) is 1.61. The molecule has 8 nitrogen and oxygen atoms in total. The molecule has 0 unspecified atom stereocenters. The van der Waals surface area contributed by atoms with Gasteiger partial charge in [0.1, 0.15) is 0 Å². The number of phenolic OH excluding ortho intramolecular Hbond substituents is 2. The Morgan fingerprint density at radius 3 is 2.29 bits per heavy atom. The molecule has 1 fully saturated rings. The van der Waals surface area contributed by atoms with Gasteiger partial charge >= 0.3 is 5.69 Å². The third-order valence-electron chi connectivity index (χ3n) is 4.25. The Morgan fingerprint density at radius 1 is 1.17 bits per heavy atom. The van der Waals surface area contributed by atoms with Crippen LogP contribution in [0.3, 0.4) is 0 Å². The van der Waals surface area contributed by atoms with Crippen molar-refractivity contribution in [2.24, 2.45) is 0 Å². The van der Waals surface area contributed by atoms with Crippen LogP contribution >= 0.6 is 0 Å². The lowest BCUT2D eigenvalue weighted by molar-refractivity contribution is -0.386. The fourth-order valence-corrected chi connectivity index (χ4v) is 2.86. The van der Waals surface area contributed by atoms with Crippen molar-refractivity contribution in [3.8, 4) is 11.5 Å². The Balaban J connectivity index is 1.93. The van der Waals surface area contributed by atoms with Crippen LogP contribution in [-0.4, -0.2) is 70.0 Å². The van der Waals surface area contributed by atoms with Crippen LogP contribution in [0.25, 0.3) is 0 Å². The molecule has 1 aromatic rings. The second kappa shape index (κ2) is 8.07. The third-order valence-corrected chi connectivity index (χ3v) is 4.25. The number of piperazine rings is 1. The van der Waals surface area contributed by atoms with E-state index in [1.54, 1.807) is 0 Å². The smallest absolute Gasteiger partial charge is 0.315 e. The molecular weight excluding hydrogens is 314 g/mol. The summed E-state index contributed by atoms with van der Waals surface area (Å²) in [6, 6.07) is 2.08. The molecule has 0 spiro atoms. The summed E-state index contributed by atoms with van der Waals surface area (Å²) in [6.45, 7) is 7.57. The van der Waals surface area contributed by atoms with Gasteiger partial charge in [-0.2, -0.15) is 0 Å². The Hall–Kier alpha value is -2.19. The maximum atomic E-state index is 12.2. The van der Waals surface area contributed by atoms with Crippen molar-refractivity contribution in [3.05, 3.63) is 27.8 Å². The van der Waals surface area contributed by atoms with Crippen LogP contribution in [0.4, 0.5) is 5.69 Å². The number of phenols is 2. The van der Waals surface area contributed by atoms with E-state index in [1.807, 2.05) is 0 Å². The minimum atomic E-state index is -0.821. The summed E-state index contributed by atoms with van der Waals surface area (Å²) in [4.78, 5) is 26.8. The number of nitro benzene ring substituents is 1. The van der Waals surface area contributed by atoms with Gasteiger partial charge in [-0.05, 0) is 19.0 Å². The van der Waals surface area contributed by atoms with Crippen LogP contribution in [0, 0.1) is 10.1 Å². The zero-order valence-electron chi connectivity index (χ0n) is 13.8. The molecule has 0 radical (unpaired) electrons. The highest BCUT2D eigenvalue weighted by atomic mass is 16.6. The van der Waals surface area contributed by atoms with E-state index in [2.05, 4.69) is 16.7 Å². The molecule has 0 atom stereocenters. The highest BCUT2D eigenvalue weighted by Gasteiger charge is 2.22. The monoisotopic (exact) mass is 337 g/mol. The normalized spacial score (nSPS) is 16.2. The molecule has 1 aliphatic heterocycles. The van der Waals surface area contributed by atoms with Crippen molar-refractivity contribution in [2.75, 3.05) is 39.3 Å². The Morgan fingerprint density at radius 2 is 1.75 bits per heavy atom. The Bertz CT molecular complexity index is 612. The van der Waals surface area contributed by atoms with Gasteiger partial charge in [-0.25, -0.2) is 0 Å². The minimum Gasteiger partial charge on any atom is -0.504 e. The van der Waals surface area contributed by atoms with E-state index in [9.17, 15) is 25.1 Å². The first-order valence-electron chi connectivity index (χ1n) is 8.10.